The molecule has 0 saturated carbocycles. The molecule has 1 aliphatic heterocycles. The van der Waals surface area contributed by atoms with E-state index in [2.05, 4.69) is 5.32 Å². The van der Waals surface area contributed by atoms with E-state index in [1.807, 2.05) is 0 Å². The Morgan fingerprint density at radius 1 is 1.39 bits per heavy atom. The van der Waals surface area contributed by atoms with E-state index in [0.717, 1.165) is 0 Å². The van der Waals surface area contributed by atoms with Crippen molar-refractivity contribution in [2.75, 3.05) is 13.7 Å². The van der Waals surface area contributed by atoms with Gasteiger partial charge in [-0.15, -0.1) is 4.49 Å². The first-order chi connectivity index (χ1) is 13.0. The van der Waals surface area contributed by atoms with Crippen molar-refractivity contribution < 1.29 is 36.6 Å². The zero-order valence-corrected chi connectivity index (χ0v) is 16.6. The van der Waals surface area contributed by atoms with Crippen LogP contribution in [0.25, 0.3) is 0 Å². The average molecular weight is 436 g/mol. The van der Waals surface area contributed by atoms with Crippen molar-refractivity contribution >= 4 is 29.9 Å². The third-order valence-electron chi connectivity index (χ3n) is 3.84. The van der Waals surface area contributed by atoms with Gasteiger partial charge in [-0.05, 0) is 30.5 Å². The normalized spacial score (nSPS) is 19.6. The van der Waals surface area contributed by atoms with Gasteiger partial charge in [0.2, 0.25) is 0 Å². The van der Waals surface area contributed by atoms with E-state index in [0.29, 0.717) is 22.4 Å². The summed E-state index contributed by atoms with van der Waals surface area (Å²) >= 11 is 0. The maximum Gasteiger partial charge on any atom is 0.408 e. The zero-order valence-electron chi connectivity index (χ0n) is 14.9. The molecular formula is C14H21N4O8PS. The van der Waals surface area contributed by atoms with Crippen LogP contribution in [0.4, 0.5) is 4.79 Å². The number of hydrogen-bond acceptors (Lipinski definition) is 7. The molecule has 0 aromatic heterocycles. The number of rotatable bonds is 7. The minimum absolute atomic E-state index is 0.0554. The third-order valence-corrected chi connectivity index (χ3v) is 6.92. The van der Waals surface area contributed by atoms with Crippen LogP contribution in [0.1, 0.15) is 18.4 Å². The van der Waals surface area contributed by atoms with Gasteiger partial charge in [0.1, 0.15) is 18.4 Å². The Balaban J connectivity index is 1.94. The second kappa shape index (κ2) is 8.88. The minimum Gasteiger partial charge on any atom is -0.497 e. The first-order valence-corrected chi connectivity index (χ1v) is 11.2. The smallest absolute Gasteiger partial charge is 0.408 e. The van der Waals surface area contributed by atoms with Crippen LogP contribution in [-0.2, 0) is 31.0 Å². The molecule has 1 aliphatic rings. The van der Waals surface area contributed by atoms with Crippen molar-refractivity contribution in [3.05, 3.63) is 29.8 Å². The minimum atomic E-state index is -4.89. The molecule has 1 aromatic rings. The molecule has 2 atom stereocenters. The number of amides is 2. The molecule has 1 saturated heterocycles. The van der Waals surface area contributed by atoms with Crippen molar-refractivity contribution in [2.45, 2.75) is 25.5 Å². The van der Waals surface area contributed by atoms with Crippen LogP contribution in [0.2, 0.25) is 0 Å². The number of ether oxygens (including phenoxy) is 2. The number of piperidine rings is 1. The maximum atomic E-state index is 12.4. The zero-order chi connectivity index (χ0) is 20.9. The van der Waals surface area contributed by atoms with E-state index in [4.69, 9.17) is 19.5 Å². The molecule has 1 fully saturated rings. The molecular weight excluding hydrogens is 415 g/mol. The number of hydrogen-bond donors (Lipinski definition) is 4. The monoisotopic (exact) mass is 436 g/mol. The predicted octanol–water partition coefficient (Wildman–Crippen LogP) is 0.372. The number of carbonyl (C=O) groups is 2. The van der Waals surface area contributed by atoms with Gasteiger partial charge in [-0.3, -0.25) is 24.1 Å². The number of nitrogens with zero attached hydrogens (tertiary/aromatic N) is 1. The second-order valence-electron chi connectivity index (χ2n) is 5.91. The van der Waals surface area contributed by atoms with Crippen molar-refractivity contribution in [1.29, 1.82) is 0 Å². The Bertz CT molecular complexity index is 876. The van der Waals surface area contributed by atoms with Crippen LogP contribution in [0.3, 0.4) is 0 Å². The molecule has 1 aromatic carbocycles. The van der Waals surface area contributed by atoms with Crippen LogP contribution in [0.15, 0.2) is 24.3 Å². The Morgan fingerprint density at radius 3 is 2.61 bits per heavy atom. The quantitative estimate of drug-likeness (QED) is 0.347. The lowest BCUT2D eigenvalue weighted by atomic mass is 10.1. The Kier molecular flexibility index (Phi) is 7.01. The van der Waals surface area contributed by atoms with E-state index < -0.39 is 35.9 Å². The molecule has 12 nitrogen and oxygen atoms in total. The summed E-state index contributed by atoms with van der Waals surface area (Å²) in [5, 5.41) is 2.33. The molecule has 0 radical (unpaired) electrons. The van der Waals surface area contributed by atoms with Crippen LogP contribution in [0.5, 0.6) is 5.75 Å². The van der Waals surface area contributed by atoms with Gasteiger partial charge in [0.25, 0.3) is 5.91 Å². The highest BCUT2D eigenvalue weighted by atomic mass is 32.2. The third kappa shape index (κ3) is 6.17. The molecule has 2 amide bonds. The molecule has 0 unspecified atom stereocenters. The lowest BCUT2D eigenvalue weighted by Crippen LogP contribution is -2.53. The number of nitrogens with two attached hydrogens (primary N) is 1. The van der Waals surface area contributed by atoms with Crippen molar-refractivity contribution in [3.63, 3.8) is 0 Å². The lowest BCUT2D eigenvalue weighted by Gasteiger charge is -2.35. The molecule has 28 heavy (non-hydrogen) atoms. The van der Waals surface area contributed by atoms with E-state index in [1.165, 1.54) is 11.6 Å². The summed E-state index contributed by atoms with van der Waals surface area (Å²) in [5.41, 5.74) is 6.07. The van der Waals surface area contributed by atoms with Gasteiger partial charge in [-0.2, -0.15) is 8.42 Å². The van der Waals surface area contributed by atoms with Gasteiger partial charge < -0.3 is 14.8 Å². The standard InChI is InChI=1S/C14H21N4O8PS/c1-25-11-6-4-10(5-7-11)9-26-14(20)16-12-3-2-8-18(13(12)19)27(15,21)17-28(22,23)24/h4-7,12H,2-3,8-9H2,1H3,(H,16,20)(H3,15,17,21)(H,22,23,24)/t12-,27+/m1/s1. The van der Waals surface area contributed by atoms with Crippen LogP contribution in [0, 0.1) is 0 Å². The first-order valence-electron chi connectivity index (χ1n) is 8.05. The number of carbonyl (C=O) groups excluding carboxylic acids is 2. The molecule has 0 bridgehead atoms. The first kappa shape index (κ1) is 22.1. The highest BCUT2D eigenvalue weighted by molar-refractivity contribution is 7.90. The van der Waals surface area contributed by atoms with Crippen LogP contribution < -0.4 is 20.1 Å². The Morgan fingerprint density at radius 2 is 2.04 bits per heavy atom. The Labute approximate surface area is 161 Å². The van der Waals surface area contributed by atoms with Gasteiger partial charge in [-0.1, -0.05) is 12.1 Å². The van der Waals surface area contributed by atoms with Crippen molar-refractivity contribution in [3.8, 4) is 5.75 Å². The van der Waals surface area contributed by atoms with Gasteiger partial charge in [0, 0.05) is 6.54 Å². The van der Waals surface area contributed by atoms with E-state index >= 15 is 0 Å². The molecule has 2 rings (SSSR count). The second-order valence-corrected chi connectivity index (χ2v) is 9.32. The van der Waals surface area contributed by atoms with Crippen LogP contribution in [-0.4, -0.2) is 49.3 Å². The molecule has 0 aliphatic carbocycles. The number of benzene rings is 1. The largest absolute Gasteiger partial charge is 0.497 e. The fourth-order valence-corrected chi connectivity index (χ4v) is 5.14. The summed E-state index contributed by atoms with van der Waals surface area (Å²) in [5.74, 6) is -0.208. The molecule has 1 heterocycles. The summed E-state index contributed by atoms with van der Waals surface area (Å²) in [7, 11) is -7.78. The summed E-state index contributed by atoms with van der Waals surface area (Å²) in [6.45, 7) is -0.158. The molecule has 0 spiro atoms. The van der Waals surface area contributed by atoms with E-state index in [-0.39, 0.29) is 19.6 Å². The maximum absolute atomic E-state index is 12.4. The predicted molar refractivity (Wildman–Crippen MR) is 97.5 cm³/mol. The number of nitrogens with one attached hydrogen (secondary N) is 2. The van der Waals surface area contributed by atoms with Crippen molar-refractivity contribution in [2.24, 2.45) is 5.50 Å². The van der Waals surface area contributed by atoms with Crippen LogP contribution >= 0.6 is 7.59 Å². The average Bonchev–Trinajstić information content (AvgIpc) is 2.60. The summed E-state index contributed by atoms with van der Waals surface area (Å²) < 4.78 is 54.8. The fourth-order valence-electron chi connectivity index (χ4n) is 2.56. The highest BCUT2D eigenvalue weighted by Crippen LogP contribution is 2.40. The fraction of sp³-hybridized carbons (Fsp3) is 0.429. The summed E-state index contributed by atoms with van der Waals surface area (Å²) in [6.07, 6.45) is -0.367. The molecule has 5 N–H and O–H groups in total. The Hall–Kier alpha value is -2.18. The van der Waals surface area contributed by atoms with Gasteiger partial charge in [-0.25, -0.2) is 4.79 Å². The lowest BCUT2D eigenvalue weighted by molar-refractivity contribution is -0.130. The molecule has 14 heteroatoms. The topological polar surface area (TPSA) is 177 Å². The van der Waals surface area contributed by atoms with Crippen molar-refractivity contribution in [1.82, 2.24) is 14.5 Å². The highest BCUT2D eigenvalue weighted by Gasteiger charge is 2.40. The van der Waals surface area contributed by atoms with E-state index in [1.54, 1.807) is 24.3 Å². The number of alkyl carbamates (subject to hydrolysis) is 1. The summed E-state index contributed by atoms with van der Waals surface area (Å²) in [4.78, 5) is 24.4. The van der Waals surface area contributed by atoms with Gasteiger partial charge in [0.05, 0.1) is 7.11 Å². The van der Waals surface area contributed by atoms with Gasteiger partial charge >= 0.3 is 24.0 Å². The van der Waals surface area contributed by atoms with E-state index in [9.17, 15) is 22.6 Å². The number of methoxy groups -OCH3 is 1. The van der Waals surface area contributed by atoms with Gasteiger partial charge in [0.15, 0.2) is 0 Å². The summed E-state index contributed by atoms with van der Waals surface area (Å²) in [6, 6.07) is 5.69. The SMILES string of the molecule is COc1ccc(COC(=O)N[C@@H]2CCCN([P@@](N)(=O)NS(=O)(=O)O)C2=O)cc1. The molecule has 156 valence electrons.